The molecule has 0 aliphatic heterocycles. The van der Waals surface area contributed by atoms with Crippen LogP contribution in [0.4, 0.5) is 0 Å². The van der Waals surface area contributed by atoms with Crippen LogP contribution < -0.4 is 0 Å². The summed E-state index contributed by atoms with van der Waals surface area (Å²) in [5.74, 6) is -0.0235. The van der Waals surface area contributed by atoms with E-state index in [1.54, 1.807) is 0 Å². The van der Waals surface area contributed by atoms with Crippen molar-refractivity contribution in [3.63, 3.8) is 0 Å². The largest absolute Gasteiger partial charge is 0.309 e. The first-order chi connectivity index (χ1) is 7.13. The van der Waals surface area contributed by atoms with E-state index in [1.165, 1.54) is 0 Å². The van der Waals surface area contributed by atoms with Crippen molar-refractivity contribution >= 4 is 17.9 Å². The molecule has 1 rings (SSSR count). The summed E-state index contributed by atoms with van der Waals surface area (Å²) in [6.07, 6.45) is 1.85. The van der Waals surface area contributed by atoms with Gasteiger partial charge in [-0.2, -0.15) is 0 Å². The van der Waals surface area contributed by atoms with Gasteiger partial charge in [-0.25, -0.2) is 0 Å². The molecule has 0 radical (unpaired) electrons. The fraction of sp³-hybridized carbons (Fsp3) is 0.417. The van der Waals surface area contributed by atoms with Crippen LogP contribution in [0, 0.1) is 0 Å². The topological polar surface area (TPSA) is 20.3 Å². The molecule has 0 amide bonds. The molecule has 0 saturated heterocycles. The predicted octanol–water partition coefficient (Wildman–Crippen LogP) is 2.57. The van der Waals surface area contributed by atoms with E-state index in [0.29, 0.717) is 5.02 Å². The Balaban J connectivity index is 2.65. The standard InChI is InChI=1S/C12H16ClNO/c1-14(2)8-7-11(9-15)10-3-5-12(13)6-4-10/h3-6,9,11H,7-8H2,1-2H3. The molecule has 0 aliphatic rings. The lowest BCUT2D eigenvalue weighted by atomic mass is 9.97. The number of halogens is 1. The van der Waals surface area contributed by atoms with E-state index < -0.39 is 0 Å². The fourth-order valence-electron chi connectivity index (χ4n) is 1.42. The van der Waals surface area contributed by atoms with Crippen molar-refractivity contribution in [3.05, 3.63) is 34.9 Å². The van der Waals surface area contributed by atoms with E-state index in [0.717, 1.165) is 24.8 Å². The Bertz CT molecular complexity index is 308. The highest BCUT2D eigenvalue weighted by atomic mass is 35.5. The average Bonchev–Trinajstić information content (AvgIpc) is 2.21. The molecule has 0 heterocycles. The molecule has 0 fully saturated rings. The van der Waals surface area contributed by atoms with Crippen molar-refractivity contribution in [2.24, 2.45) is 0 Å². The van der Waals surface area contributed by atoms with Crippen LogP contribution in [0.1, 0.15) is 17.9 Å². The maximum absolute atomic E-state index is 11.0. The van der Waals surface area contributed by atoms with Crippen LogP contribution in [-0.2, 0) is 4.79 Å². The summed E-state index contributed by atoms with van der Waals surface area (Å²) in [6.45, 7) is 0.909. The summed E-state index contributed by atoms with van der Waals surface area (Å²) in [5.41, 5.74) is 1.04. The first kappa shape index (κ1) is 12.2. The summed E-state index contributed by atoms with van der Waals surface area (Å²) in [5, 5.41) is 0.705. The first-order valence-electron chi connectivity index (χ1n) is 4.99. The van der Waals surface area contributed by atoms with E-state index in [1.807, 2.05) is 38.4 Å². The third kappa shape index (κ3) is 4.02. The minimum atomic E-state index is -0.0235. The van der Waals surface area contributed by atoms with Crippen LogP contribution in [0.2, 0.25) is 5.02 Å². The van der Waals surface area contributed by atoms with Crippen LogP contribution in [0.3, 0.4) is 0 Å². The van der Waals surface area contributed by atoms with Crippen LogP contribution in [0.5, 0.6) is 0 Å². The highest BCUT2D eigenvalue weighted by Gasteiger charge is 2.10. The zero-order valence-corrected chi connectivity index (χ0v) is 9.87. The van der Waals surface area contributed by atoms with E-state index in [4.69, 9.17) is 11.6 Å². The summed E-state index contributed by atoms with van der Waals surface area (Å²) < 4.78 is 0. The van der Waals surface area contributed by atoms with Gasteiger partial charge in [0, 0.05) is 10.9 Å². The Labute approximate surface area is 95.8 Å². The van der Waals surface area contributed by atoms with Gasteiger partial charge in [-0.3, -0.25) is 0 Å². The Morgan fingerprint density at radius 2 is 1.93 bits per heavy atom. The third-order valence-corrected chi connectivity index (χ3v) is 2.60. The molecule has 0 aliphatic carbocycles. The van der Waals surface area contributed by atoms with Gasteiger partial charge in [0.1, 0.15) is 6.29 Å². The molecule has 0 saturated carbocycles. The molecule has 3 heteroatoms. The molecule has 0 N–H and O–H groups in total. The molecule has 2 nitrogen and oxygen atoms in total. The highest BCUT2D eigenvalue weighted by Crippen LogP contribution is 2.19. The maximum Gasteiger partial charge on any atom is 0.127 e. The lowest BCUT2D eigenvalue weighted by molar-refractivity contribution is -0.109. The summed E-state index contributed by atoms with van der Waals surface area (Å²) in [6, 6.07) is 7.47. The molecule has 1 aromatic rings. The lowest BCUT2D eigenvalue weighted by Gasteiger charge is -2.14. The van der Waals surface area contributed by atoms with Crippen molar-refractivity contribution in [3.8, 4) is 0 Å². The minimum Gasteiger partial charge on any atom is -0.309 e. The minimum absolute atomic E-state index is 0.0235. The second-order valence-corrected chi connectivity index (χ2v) is 4.32. The van der Waals surface area contributed by atoms with Crippen molar-refractivity contribution in [1.82, 2.24) is 4.90 Å². The Morgan fingerprint density at radius 1 is 1.33 bits per heavy atom. The molecule has 0 aromatic heterocycles. The van der Waals surface area contributed by atoms with Crippen LogP contribution in [0.25, 0.3) is 0 Å². The van der Waals surface area contributed by atoms with Crippen molar-refractivity contribution < 1.29 is 4.79 Å². The van der Waals surface area contributed by atoms with Crippen LogP contribution in [0.15, 0.2) is 24.3 Å². The third-order valence-electron chi connectivity index (χ3n) is 2.35. The van der Waals surface area contributed by atoms with E-state index in [9.17, 15) is 4.79 Å². The average molecular weight is 226 g/mol. The molecular weight excluding hydrogens is 210 g/mol. The van der Waals surface area contributed by atoms with Crippen molar-refractivity contribution in [1.29, 1.82) is 0 Å². The van der Waals surface area contributed by atoms with Gasteiger partial charge in [-0.15, -0.1) is 0 Å². The second kappa shape index (κ2) is 5.89. The SMILES string of the molecule is CN(C)CCC(C=O)c1ccc(Cl)cc1. The zero-order chi connectivity index (χ0) is 11.3. The van der Waals surface area contributed by atoms with Crippen molar-refractivity contribution in [2.45, 2.75) is 12.3 Å². The highest BCUT2D eigenvalue weighted by molar-refractivity contribution is 6.30. The number of hydrogen-bond donors (Lipinski definition) is 0. The quantitative estimate of drug-likeness (QED) is 0.718. The van der Waals surface area contributed by atoms with E-state index >= 15 is 0 Å². The van der Waals surface area contributed by atoms with Gasteiger partial charge < -0.3 is 9.69 Å². The lowest BCUT2D eigenvalue weighted by Crippen LogP contribution is -2.16. The number of nitrogens with zero attached hydrogens (tertiary/aromatic N) is 1. The fourth-order valence-corrected chi connectivity index (χ4v) is 1.55. The van der Waals surface area contributed by atoms with E-state index in [2.05, 4.69) is 4.90 Å². The number of aldehydes is 1. The molecule has 1 aromatic carbocycles. The number of rotatable bonds is 5. The van der Waals surface area contributed by atoms with Gasteiger partial charge in [0.25, 0.3) is 0 Å². The molecular formula is C12H16ClNO. The summed E-state index contributed by atoms with van der Waals surface area (Å²) in [4.78, 5) is 13.0. The molecule has 0 bridgehead atoms. The number of benzene rings is 1. The summed E-state index contributed by atoms with van der Waals surface area (Å²) >= 11 is 5.79. The number of carbonyl (C=O) groups excluding carboxylic acids is 1. The predicted molar refractivity (Wildman–Crippen MR) is 63.4 cm³/mol. The van der Waals surface area contributed by atoms with Gasteiger partial charge in [0.15, 0.2) is 0 Å². The molecule has 0 spiro atoms. The smallest absolute Gasteiger partial charge is 0.127 e. The molecule has 1 unspecified atom stereocenters. The molecule has 1 atom stereocenters. The normalized spacial score (nSPS) is 12.8. The van der Waals surface area contributed by atoms with E-state index in [-0.39, 0.29) is 5.92 Å². The van der Waals surface area contributed by atoms with Gasteiger partial charge in [-0.1, -0.05) is 23.7 Å². The molecule has 15 heavy (non-hydrogen) atoms. The maximum atomic E-state index is 11.0. The Morgan fingerprint density at radius 3 is 2.40 bits per heavy atom. The number of hydrogen-bond acceptors (Lipinski definition) is 2. The van der Waals surface area contributed by atoms with Crippen LogP contribution >= 0.6 is 11.6 Å². The summed E-state index contributed by atoms with van der Waals surface area (Å²) in [7, 11) is 4.01. The van der Waals surface area contributed by atoms with Gasteiger partial charge in [0.05, 0.1) is 0 Å². The second-order valence-electron chi connectivity index (χ2n) is 3.89. The number of carbonyl (C=O) groups is 1. The molecule has 82 valence electrons. The van der Waals surface area contributed by atoms with Crippen LogP contribution in [-0.4, -0.2) is 31.8 Å². The Hall–Kier alpha value is -0.860. The zero-order valence-electron chi connectivity index (χ0n) is 9.11. The Kier molecular flexibility index (Phi) is 4.79. The van der Waals surface area contributed by atoms with Crippen molar-refractivity contribution in [2.75, 3.05) is 20.6 Å². The van der Waals surface area contributed by atoms with Gasteiger partial charge in [-0.05, 0) is 44.8 Å². The monoisotopic (exact) mass is 225 g/mol. The van der Waals surface area contributed by atoms with Gasteiger partial charge >= 0.3 is 0 Å². The van der Waals surface area contributed by atoms with Gasteiger partial charge in [0.2, 0.25) is 0 Å². The first-order valence-corrected chi connectivity index (χ1v) is 5.36.